The number of esters is 1. The number of benzene rings is 3. The van der Waals surface area contributed by atoms with Gasteiger partial charge in [0.25, 0.3) is 0 Å². The fourth-order valence-electron chi connectivity index (χ4n) is 7.84. The Morgan fingerprint density at radius 2 is 1.69 bits per heavy atom. The molecule has 2 fully saturated rings. The topological polar surface area (TPSA) is 116 Å². The summed E-state index contributed by atoms with van der Waals surface area (Å²) < 4.78 is 24.2. The maximum atomic E-state index is 14.6. The largest absolute Gasteiger partial charge is 0.487 e. The Kier molecular flexibility index (Phi) is 9.42. The Bertz CT molecular complexity index is 2030. The van der Waals surface area contributed by atoms with Crippen LogP contribution < -0.4 is 14.8 Å². The third kappa shape index (κ3) is 7.00. The number of carbonyl (C=O) groups is 3. The molecule has 3 heterocycles. The summed E-state index contributed by atoms with van der Waals surface area (Å²) in [4.78, 5) is 47.7. The number of aromatic nitrogens is 1. The quantitative estimate of drug-likeness (QED) is 0.206. The third-order valence-electron chi connectivity index (χ3n) is 10.6. The summed E-state index contributed by atoms with van der Waals surface area (Å²) >= 11 is 0. The van der Waals surface area contributed by atoms with Gasteiger partial charge in [-0.3, -0.25) is 4.79 Å². The Morgan fingerprint density at radius 1 is 0.942 bits per heavy atom. The first-order valence-electron chi connectivity index (χ1n) is 18.1. The van der Waals surface area contributed by atoms with Gasteiger partial charge in [0, 0.05) is 18.2 Å². The first-order chi connectivity index (χ1) is 25.4. The Balaban J connectivity index is 1.16. The molecule has 1 aromatic heterocycles. The molecule has 4 aromatic rings. The van der Waals surface area contributed by atoms with Gasteiger partial charge >= 0.3 is 12.1 Å². The van der Waals surface area contributed by atoms with Gasteiger partial charge in [-0.05, 0) is 72.8 Å². The maximum absolute atomic E-state index is 14.6. The van der Waals surface area contributed by atoms with Crippen molar-refractivity contribution in [1.82, 2.24) is 15.2 Å². The first-order valence-corrected chi connectivity index (χ1v) is 18.1. The molecule has 4 aliphatic rings. The molecule has 2 bridgehead atoms. The summed E-state index contributed by atoms with van der Waals surface area (Å²) in [5.74, 6) is 6.60. The van der Waals surface area contributed by atoms with Crippen molar-refractivity contribution >= 4 is 28.9 Å². The molecule has 0 spiro atoms. The van der Waals surface area contributed by atoms with E-state index in [1.807, 2.05) is 66.7 Å². The number of nitrogens with zero attached hydrogens (tertiary/aromatic N) is 2. The number of ether oxygens (including phenoxy) is 4. The zero-order valence-corrected chi connectivity index (χ0v) is 29.1. The number of hydrogen-bond donors (Lipinski definition) is 1. The Hall–Kier alpha value is -5.56. The minimum atomic E-state index is -0.926. The molecule has 5 atom stereocenters. The Morgan fingerprint density at radius 3 is 2.48 bits per heavy atom. The van der Waals surface area contributed by atoms with E-state index < -0.39 is 30.3 Å². The van der Waals surface area contributed by atoms with Gasteiger partial charge in [-0.1, -0.05) is 78.6 Å². The lowest BCUT2D eigenvalue weighted by atomic mass is 9.95. The van der Waals surface area contributed by atoms with Crippen molar-refractivity contribution in [3.05, 3.63) is 101 Å². The van der Waals surface area contributed by atoms with E-state index in [9.17, 15) is 14.4 Å². The van der Waals surface area contributed by atoms with Gasteiger partial charge in [-0.15, -0.1) is 0 Å². The second-order valence-corrected chi connectivity index (χ2v) is 14.1. The lowest BCUT2D eigenvalue weighted by molar-refractivity contribution is -0.152. The number of alkyl carbamates (subject to hydrolysis) is 1. The van der Waals surface area contributed by atoms with Crippen molar-refractivity contribution in [3.63, 3.8) is 0 Å². The van der Waals surface area contributed by atoms with Gasteiger partial charge in [0.05, 0.1) is 19.2 Å². The van der Waals surface area contributed by atoms with Gasteiger partial charge in [0.2, 0.25) is 11.8 Å². The van der Waals surface area contributed by atoms with Crippen LogP contribution in [0.5, 0.6) is 11.6 Å². The molecule has 1 saturated heterocycles. The average Bonchev–Trinajstić information content (AvgIpc) is 3.53. The molecule has 2 aliphatic carbocycles. The molecule has 3 aromatic carbocycles. The molecule has 266 valence electrons. The minimum absolute atomic E-state index is 0.0811. The maximum Gasteiger partial charge on any atom is 0.408 e. The molecule has 0 radical (unpaired) electrons. The van der Waals surface area contributed by atoms with Crippen LogP contribution in [0.15, 0.2) is 78.9 Å². The van der Waals surface area contributed by atoms with Crippen LogP contribution in [0.4, 0.5) is 4.79 Å². The fraction of sp³-hybridized carbons (Fsp3) is 0.381. The molecule has 10 nitrogen and oxygen atoms in total. The first kappa shape index (κ1) is 33.6. The lowest BCUT2D eigenvalue weighted by Gasteiger charge is -2.30. The summed E-state index contributed by atoms with van der Waals surface area (Å²) in [5.41, 5.74) is 4.49. The van der Waals surface area contributed by atoms with E-state index in [1.54, 1.807) is 0 Å². The van der Waals surface area contributed by atoms with Gasteiger partial charge < -0.3 is 29.2 Å². The predicted molar refractivity (Wildman–Crippen MR) is 192 cm³/mol. The van der Waals surface area contributed by atoms with Crippen LogP contribution in [-0.2, 0) is 38.5 Å². The van der Waals surface area contributed by atoms with Crippen LogP contribution in [-0.4, -0.2) is 65.8 Å². The highest BCUT2D eigenvalue weighted by atomic mass is 16.6. The van der Waals surface area contributed by atoms with E-state index in [-0.39, 0.29) is 42.7 Å². The van der Waals surface area contributed by atoms with Crippen LogP contribution in [0, 0.1) is 23.7 Å². The minimum Gasteiger partial charge on any atom is -0.487 e. The molecular weight excluding hydrogens is 658 g/mol. The highest BCUT2D eigenvalue weighted by Crippen LogP contribution is 2.40. The smallest absolute Gasteiger partial charge is 0.408 e. The van der Waals surface area contributed by atoms with Gasteiger partial charge in [-0.2, -0.15) is 0 Å². The van der Waals surface area contributed by atoms with E-state index >= 15 is 0 Å². The van der Waals surface area contributed by atoms with Gasteiger partial charge in [-0.25, -0.2) is 14.6 Å². The van der Waals surface area contributed by atoms with Crippen molar-refractivity contribution in [2.45, 2.75) is 75.8 Å². The highest BCUT2D eigenvalue weighted by Gasteiger charge is 2.47. The van der Waals surface area contributed by atoms with E-state index in [2.05, 4.69) is 29.3 Å². The zero-order valence-electron chi connectivity index (χ0n) is 29.1. The third-order valence-corrected chi connectivity index (χ3v) is 10.6. The van der Waals surface area contributed by atoms with Crippen LogP contribution in [0.25, 0.3) is 10.9 Å². The van der Waals surface area contributed by atoms with Crippen LogP contribution in [0.3, 0.4) is 0 Å². The molecule has 1 N–H and O–H groups in total. The van der Waals surface area contributed by atoms with E-state index in [0.29, 0.717) is 42.7 Å². The number of carbonyl (C=O) groups excluding carboxylic acids is 3. The monoisotopic (exact) mass is 699 g/mol. The summed E-state index contributed by atoms with van der Waals surface area (Å²) in [6.07, 6.45) is 3.06. The van der Waals surface area contributed by atoms with Crippen LogP contribution >= 0.6 is 0 Å². The number of hydrogen-bond acceptors (Lipinski definition) is 8. The zero-order chi connectivity index (χ0) is 35.6. The summed E-state index contributed by atoms with van der Waals surface area (Å²) in [6, 6.07) is 23.9. The standard InChI is InChI=1S/C42H41N3O7/c1-49-41(47)35-23-31-24-45(35)40(46)37(30-20-27-14-8-9-15-28(27)21-30)44-42(48)52-36-22-29(36)16-6-3-7-18-33-38(50-25-26-12-4-2-5-13-26)32-17-10-11-19-34(32)43-39(33)51-31/h2,4-5,8-15,17,19,29-31,35-37H,3,6,16,20-25H2,1H3,(H,44,48)/t29-,31-,35+,36-,37+/m1/s1. The van der Waals surface area contributed by atoms with Crippen molar-refractivity contribution in [1.29, 1.82) is 0 Å². The molecule has 2 aliphatic heterocycles. The lowest BCUT2D eigenvalue weighted by Crippen LogP contribution is -2.55. The molecule has 10 heteroatoms. The van der Waals surface area contributed by atoms with Crippen molar-refractivity contribution in [2.24, 2.45) is 11.8 Å². The predicted octanol–water partition coefficient (Wildman–Crippen LogP) is 5.77. The molecule has 52 heavy (non-hydrogen) atoms. The number of rotatable bonds is 5. The van der Waals surface area contributed by atoms with E-state index in [0.717, 1.165) is 41.3 Å². The number of pyridine rings is 1. The van der Waals surface area contributed by atoms with Crippen LogP contribution in [0.2, 0.25) is 0 Å². The van der Waals surface area contributed by atoms with E-state index in [4.69, 9.17) is 23.9 Å². The highest BCUT2D eigenvalue weighted by molar-refractivity contribution is 5.91. The number of methoxy groups -OCH3 is 1. The molecular formula is C42H41N3O7. The van der Waals surface area contributed by atoms with Crippen molar-refractivity contribution in [2.75, 3.05) is 13.7 Å². The second kappa shape index (κ2) is 14.6. The molecule has 0 unspecified atom stereocenters. The molecule has 1 saturated carbocycles. The van der Waals surface area contributed by atoms with Crippen molar-refractivity contribution in [3.8, 4) is 23.5 Å². The molecule has 8 rings (SSSR count). The van der Waals surface area contributed by atoms with E-state index in [1.165, 1.54) is 12.0 Å². The average molecular weight is 700 g/mol. The molecule has 2 amide bonds. The summed E-state index contributed by atoms with van der Waals surface area (Å²) in [7, 11) is 1.31. The summed E-state index contributed by atoms with van der Waals surface area (Å²) in [6.45, 7) is 0.401. The van der Waals surface area contributed by atoms with Crippen molar-refractivity contribution < 1.29 is 33.3 Å². The van der Waals surface area contributed by atoms with Crippen LogP contribution in [0.1, 0.15) is 54.4 Å². The fourth-order valence-corrected chi connectivity index (χ4v) is 7.84. The number of para-hydroxylation sites is 1. The number of fused-ring (bicyclic) bond motifs is 6. The van der Waals surface area contributed by atoms with Gasteiger partial charge in [0.1, 0.15) is 42.2 Å². The SMILES string of the molecule is COC(=O)[C@@H]1C[C@@H]2CN1C(=O)[C@H](C1Cc3ccccc3C1)NC(=O)O[C@@H]1C[C@H]1CCCC#Cc1c(nc3ccccc3c1OCc1ccccc1)O2. The second-order valence-electron chi connectivity index (χ2n) is 14.1. The Labute approximate surface area is 302 Å². The normalized spacial score (nSPS) is 24.4. The van der Waals surface area contributed by atoms with Gasteiger partial charge in [0.15, 0.2) is 0 Å². The number of nitrogens with one attached hydrogen (secondary N) is 1. The summed E-state index contributed by atoms with van der Waals surface area (Å²) in [5, 5.41) is 3.75. The number of amides is 2.